The van der Waals surface area contributed by atoms with Gasteiger partial charge in [0.2, 0.25) is 0 Å². The molecule has 0 spiro atoms. The average Bonchev–Trinajstić information content (AvgIpc) is 2.87. The maximum absolute atomic E-state index is 10.1. The second kappa shape index (κ2) is 3.84. The molecule has 17 heavy (non-hydrogen) atoms. The van der Waals surface area contributed by atoms with E-state index in [2.05, 4.69) is 0 Å². The highest BCUT2D eigenvalue weighted by Gasteiger charge is 2.19. The number of fused-ring (bicyclic) bond motifs is 1. The van der Waals surface area contributed by atoms with Gasteiger partial charge in [0, 0.05) is 0 Å². The van der Waals surface area contributed by atoms with Crippen LogP contribution >= 0.6 is 0 Å². The van der Waals surface area contributed by atoms with E-state index >= 15 is 0 Å². The minimum atomic E-state index is 0.153. The standard InChI is InChI=1S/C14H15NO2/c15-13-10-5-2-1-4-9(10)8-11(14(13)16)12-6-3-7-17-12/h3,6-8,16H,1-2,4-5,15H2. The van der Waals surface area contributed by atoms with Crippen LogP contribution in [0.4, 0.5) is 5.69 Å². The maximum atomic E-state index is 10.1. The molecule has 3 nitrogen and oxygen atoms in total. The number of anilines is 1. The number of phenols is 1. The van der Waals surface area contributed by atoms with Crippen molar-refractivity contribution < 1.29 is 9.52 Å². The average molecular weight is 229 g/mol. The minimum absolute atomic E-state index is 0.153. The molecule has 0 unspecified atom stereocenters. The van der Waals surface area contributed by atoms with E-state index in [4.69, 9.17) is 10.2 Å². The van der Waals surface area contributed by atoms with Crippen molar-refractivity contribution in [2.24, 2.45) is 0 Å². The summed E-state index contributed by atoms with van der Waals surface area (Å²) in [6.45, 7) is 0. The van der Waals surface area contributed by atoms with Gasteiger partial charge in [0.15, 0.2) is 0 Å². The summed E-state index contributed by atoms with van der Waals surface area (Å²) in [7, 11) is 0. The third-order valence-corrected chi connectivity index (χ3v) is 3.45. The Morgan fingerprint density at radius 3 is 2.82 bits per heavy atom. The molecule has 0 saturated carbocycles. The van der Waals surface area contributed by atoms with E-state index in [1.165, 1.54) is 12.0 Å². The summed E-state index contributed by atoms with van der Waals surface area (Å²) in [6.07, 6.45) is 5.94. The summed E-state index contributed by atoms with van der Waals surface area (Å²) in [5.41, 5.74) is 9.61. The van der Waals surface area contributed by atoms with Crippen LogP contribution in [0.1, 0.15) is 24.0 Å². The molecule has 0 amide bonds. The van der Waals surface area contributed by atoms with Crippen LogP contribution in [-0.2, 0) is 12.8 Å². The van der Waals surface area contributed by atoms with Crippen LogP contribution < -0.4 is 5.73 Å². The first kappa shape index (κ1) is 10.3. The molecule has 3 N–H and O–H groups in total. The Morgan fingerprint density at radius 1 is 1.24 bits per heavy atom. The molecular formula is C14H15NO2. The van der Waals surface area contributed by atoms with Gasteiger partial charge in [-0.2, -0.15) is 0 Å². The fourth-order valence-electron chi connectivity index (χ4n) is 2.55. The van der Waals surface area contributed by atoms with Gasteiger partial charge in [0.1, 0.15) is 11.5 Å². The van der Waals surface area contributed by atoms with Crippen molar-refractivity contribution in [3.05, 3.63) is 35.6 Å². The molecule has 3 heteroatoms. The van der Waals surface area contributed by atoms with Crippen molar-refractivity contribution >= 4 is 5.69 Å². The van der Waals surface area contributed by atoms with E-state index in [-0.39, 0.29) is 5.75 Å². The summed E-state index contributed by atoms with van der Waals surface area (Å²) >= 11 is 0. The van der Waals surface area contributed by atoms with Crippen molar-refractivity contribution in [3.63, 3.8) is 0 Å². The number of hydrogen-bond donors (Lipinski definition) is 2. The lowest BCUT2D eigenvalue weighted by Gasteiger charge is -2.20. The van der Waals surface area contributed by atoms with Crippen LogP contribution in [0, 0.1) is 0 Å². The zero-order chi connectivity index (χ0) is 11.8. The van der Waals surface area contributed by atoms with Gasteiger partial charge in [-0.15, -0.1) is 0 Å². The van der Waals surface area contributed by atoms with Crippen LogP contribution in [0.3, 0.4) is 0 Å². The van der Waals surface area contributed by atoms with Crippen LogP contribution in [-0.4, -0.2) is 5.11 Å². The van der Waals surface area contributed by atoms with E-state index in [0.717, 1.165) is 24.8 Å². The molecule has 0 fully saturated rings. The van der Waals surface area contributed by atoms with Crippen molar-refractivity contribution in [2.45, 2.75) is 25.7 Å². The largest absolute Gasteiger partial charge is 0.505 e. The number of aromatic hydroxyl groups is 1. The number of rotatable bonds is 1. The quantitative estimate of drug-likeness (QED) is 0.583. The SMILES string of the molecule is Nc1c(O)c(-c2ccco2)cc2c1CCCC2. The number of furan rings is 1. The van der Waals surface area contributed by atoms with E-state index in [9.17, 15) is 5.11 Å². The Bertz CT molecular complexity index is 544. The zero-order valence-corrected chi connectivity index (χ0v) is 9.57. The van der Waals surface area contributed by atoms with Crippen molar-refractivity contribution in [3.8, 4) is 17.1 Å². The van der Waals surface area contributed by atoms with E-state index in [1.807, 2.05) is 18.2 Å². The summed E-state index contributed by atoms with van der Waals surface area (Å²) < 4.78 is 5.33. The highest BCUT2D eigenvalue weighted by molar-refractivity contribution is 5.77. The molecule has 0 radical (unpaired) electrons. The van der Waals surface area contributed by atoms with Gasteiger partial charge in [-0.1, -0.05) is 0 Å². The lowest BCUT2D eigenvalue weighted by atomic mass is 9.88. The first-order valence-corrected chi connectivity index (χ1v) is 5.94. The normalized spacial score (nSPS) is 14.6. The molecule has 0 atom stereocenters. The molecule has 88 valence electrons. The van der Waals surface area contributed by atoms with Crippen molar-refractivity contribution in [1.29, 1.82) is 0 Å². The molecule has 1 heterocycles. The second-order valence-corrected chi connectivity index (χ2v) is 4.51. The fourth-order valence-corrected chi connectivity index (χ4v) is 2.55. The van der Waals surface area contributed by atoms with Gasteiger partial charge in [0.05, 0.1) is 17.5 Å². The monoisotopic (exact) mass is 229 g/mol. The molecule has 1 aliphatic rings. The molecule has 1 aliphatic carbocycles. The van der Waals surface area contributed by atoms with Crippen LogP contribution in [0.5, 0.6) is 5.75 Å². The smallest absolute Gasteiger partial charge is 0.149 e. The summed E-state index contributed by atoms with van der Waals surface area (Å²) in [5.74, 6) is 0.822. The molecule has 0 aliphatic heterocycles. The first-order valence-electron chi connectivity index (χ1n) is 5.94. The summed E-state index contributed by atoms with van der Waals surface area (Å²) in [4.78, 5) is 0. The summed E-state index contributed by atoms with van der Waals surface area (Å²) in [5, 5.41) is 10.1. The minimum Gasteiger partial charge on any atom is -0.505 e. The number of nitrogens with two attached hydrogens (primary N) is 1. The Hall–Kier alpha value is -1.90. The van der Waals surface area contributed by atoms with Gasteiger partial charge >= 0.3 is 0 Å². The Morgan fingerprint density at radius 2 is 2.06 bits per heavy atom. The lowest BCUT2D eigenvalue weighted by Crippen LogP contribution is -2.07. The molecule has 1 aromatic heterocycles. The number of phenolic OH excluding ortho intramolecular Hbond substituents is 1. The van der Waals surface area contributed by atoms with Gasteiger partial charge in [-0.25, -0.2) is 0 Å². The molecule has 0 saturated heterocycles. The van der Waals surface area contributed by atoms with Gasteiger partial charge in [-0.3, -0.25) is 0 Å². The predicted molar refractivity (Wildman–Crippen MR) is 66.9 cm³/mol. The Labute approximate surface area is 99.9 Å². The Balaban J connectivity index is 2.21. The highest BCUT2D eigenvalue weighted by atomic mass is 16.3. The first-order chi connectivity index (χ1) is 8.27. The molecule has 0 bridgehead atoms. The number of benzene rings is 1. The van der Waals surface area contributed by atoms with Crippen molar-refractivity contribution in [2.75, 3.05) is 5.73 Å². The molecular weight excluding hydrogens is 214 g/mol. The molecule has 3 rings (SSSR count). The van der Waals surface area contributed by atoms with E-state index < -0.39 is 0 Å². The van der Waals surface area contributed by atoms with Crippen LogP contribution in [0.25, 0.3) is 11.3 Å². The topological polar surface area (TPSA) is 59.4 Å². The lowest BCUT2D eigenvalue weighted by molar-refractivity contribution is 0.474. The second-order valence-electron chi connectivity index (χ2n) is 4.51. The van der Waals surface area contributed by atoms with Crippen LogP contribution in [0.2, 0.25) is 0 Å². The van der Waals surface area contributed by atoms with Gasteiger partial charge in [0.25, 0.3) is 0 Å². The number of aryl methyl sites for hydroxylation is 1. The van der Waals surface area contributed by atoms with Crippen LogP contribution in [0.15, 0.2) is 28.9 Å². The summed E-state index contributed by atoms with van der Waals surface area (Å²) in [6, 6.07) is 5.66. The van der Waals surface area contributed by atoms with Crippen molar-refractivity contribution in [1.82, 2.24) is 0 Å². The number of nitrogen functional groups attached to an aromatic ring is 1. The fraction of sp³-hybridized carbons (Fsp3) is 0.286. The molecule has 1 aromatic carbocycles. The third-order valence-electron chi connectivity index (χ3n) is 3.45. The Kier molecular flexibility index (Phi) is 2.32. The van der Waals surface area contributed by atoms with E-state index in [0.29, 0.717) is 17.0 Å². The zero-order valence-electron chi connectivity index (χ0n) is 9.57. The van der Waals surface area contributed by atoms with Gasteiger partial charge < -0.3 is 15.3 Å². The maximum Gasteiger partial charge on any atom is 0.149 e. The van der Waals surface area contributed by atoms with E-state index in [1.54, 1.807) is 6.26 Å². The highest BCUT2D eigenvalue weighted by Crippen LogP contribution is 2.40. The molecule has 2 aromatic rings. The van der Waals surface area contributed by atoms with Gasteiger partial charge in [-0.05, 0) is 55.0 Å². The predicted octanol–water partition coefficient (Wildman–Crippen LogP) is 3.11. The number of hydrogen-bond acceptors (Lipinski definition) is 3. The third kappa shape index (κ3) is 1.58.